The van der Waals surface area contributed by atoms with Gasteiger partial charge in [-0.2, -0.15) is 0 Å². The first-order chi connectivity index (χ1) is 10.7. The highest BCUT2D eigenvalue weighted by Crippen LogP contribution is 2.28. The fraction of sp³-hybridized carbons (Fsp3) is 0.167. The SMILES string of the molecule is COC(=O)/C(=C/CO)c1cc(Oc2ccccc2)ccc1C. The number of aryl methyl sites for hydroxylation is 1. The third kappa shape index (κ3) is 3.74. The molecule has 0 aliphatic carbocycles. The molecule has 0 saturated heterocycles. The maximum absolute atomic E-state index is 11.9. The number of ether oxygens (including phenoxy) is 2. The van der Waals surface area contributed by atoms with E-state index in [9.17, 15) is 4.79 Å². The molecular weight excluding hydrogens is 280 g/mol. The molecule has 0 radical (unpaired) electrons. The summed E-state index contributed by atoms with van der Waals surface area (Å²) in [5.41, 5.74) is 1.89. The molecule has 2 rings (SSSR count). The number of hydrogen-bond acceptors (Lipinski definition) is 4. The summed E-state index contributed by atoms with van der Waals surface area (Å²) in [4.78, 5) is 11.9. The molecule has 0 aromatic heterocycles. The summed E-state index contributed by atoms with van der Waals surface area (Å²) < 4.78 is 10.5. The fourth-order valence-corrected chi connectivity index (χ4v) is 2.08. The molecule has 0 aliphatic rings. The Morgan fingerprint density at radius 2 is 1.86 bits per heavy atom. The van der Waals surface area contributed by atoms with Crippen LogP contribution in [-0.4, -0.2) is 24.8 Å². The van der Waals surface area contributed by atoms with Crippen molar-refractivity contribution in [3.05, 3.63) is 65.7 Å². The lowest BCUT2D eigenvalue weighted by atomic mass is 10.00. The summed E-state index contributed by atoms with van der Waals surface area (Å²) in [5.74, 6) is 0.830. The van der Waals surface area contributed by atoms with Crippen molar-refractivity contribution in [2.75, 3.05) is 13.7 Å². The lowest BCUT2D eigenvalue weighted by Crippen LogP contribution is -2.06. The average molecular weight is 298 g/mol. The summed E-state index contributed by atoms with van der Waals surface area (Å²) in [5, 5.41) is 9.12. The van der Waals surface area contributed by atoms with E-state index in [1.807, 2.05) is 49.4 Å². The van der Waals surface area contributed by atoms with Gasteiger partial charge in [0.25, 0.3) is 0 Å². The highest BCUT2D eigenvalue weighted by atomic mass is 16.5. The van der Waals surface area contributed by atoms with Crippen LogP contribution in [0.25, 0.3) is 5.57 Å². The molecule has 2 aromatic rings. The normalized spacial score (nSPS) is 11.1. The molecule has 1 N–H and O–H groups in total. The minimum absolute atomic E-state index is 0.242. The Hall–Kier alpha value is -2.59. The fourth-order valence-electron chi connectivity index (χ4n) is 2.08. The molecule has 4 heteroatoms. The molecule has 114 valence electrons. The van der Waals surface area contributed by atoms with Crippen LogP contribution in [0.5, 0.6) is 11.5 Å². The van der Waals surface area contributed by atoms with Gasteiger partial charge in [-0.25, -0.2) is 4.79 Å². The molecule has 0 atom stereocenters. The van der Waals surface area contributed by atoms with Crippen LogP contribution in [-0.2, 0) is 9.53 Å². The molecule has 0 aliphatic heterocycles. The third-order valence-electron chi connectivity index (χ3n) is 3.18. The van der Waals surface area contributed by atoms with E-state index in [1.54, 1.807) is 6.07 Å². The third-order valence-corrected chi connectivity index (χ3v) is 3.18. The summed E-state index contributed by atoms with van der Waals surface area (Å²) in [6.07, 6.45) is 1.43. The molecule has 0 bridgehead atoms. The second-order valence-corrected chi connectivity index (χ2v) is 4.68. The highest BCUT2D eigenvalue weighted by molar-refractivity contribution is 6.16. The van der Waals surface area contributed by atoms with Gasteiger partial charge in [-0.1, -0.05) is 24.3 Å². The van der Waals surface area contributed by atoms with Gasteiger partial charge < -0.3 is 14.6 Å². The van der Waals surface area contributed by atoms with Gasteiger partial charge in [-0.15, -0.1) is 0 Å². The zero-order chi connectivity index (χ0) is 15.9. The van der Waals surface area contributed by atoms with Crippen LogP contribution in [0.15, 0.2) is 54.6 Å². The van der Waals surface area contributed by atoms with Crippen molar-refractivity contribution in [2.24, 2.45) is 0 Å². The predicted molar refractivity (Wildman–Crippen MR) is 84.8 cm³/mol. The maximum atomic E-state index is 11.9. The Morgan fingerprint density at radius 1 is 1.14 bits per heavy atom. The van der Waals surface area contributed by atoms with E-state index in [2.05, 4.69) is 0 Å². The van der Waals surface area contributed by atoms with Crippen molar-refractivity contribution in [3.8, 4) is 11.5 Å². The average Bonchev–Trinajstić information content (AvgIpc) is 2.55. The molecule has 0 saturated carbocycles. The number of benzene rings is 2. The first kappa shape index (κ1) is 15.8. The number of carbonyl (C=O) groups excluding carboxylic acids is 1. The lowest BCUT2D eigenvalue weighted by molar-refractivity contribution is -0.133. The van der Waals surface area contributed by atoms with Gasteiger partial charge >= 0.3 is 5.97 Å². The van der Waals surface area contributed by atoms with Crippen molar-refractivity contribution in [2.45, 2.75) is 6.92 Å². The predicted octanol–water partition coefficient (Wildman–Crippen LogP) is 3.34. The number of rotatable bonds is 5. The Morgan fingerprint density at radius 3 is 2.50 bits per heavy atom. The summed E-state index contributed by atoms with van der Waals surface area (Å²) in [6.45, 7) is 1.64. The molecule has 2 aromatic carbocycles. The van der Waals surface area contributed by atoms with Crippen molar-refractivity contribution < 1.29 is 19.4 Å². The van der Waals surface area contributed by atoms with E-state index < -0.39 is 5.97 Å². The van der Waals surface area contributed by atoms with E-state index in [0.717, 1.165) is 5.56 Å². The van der Waals surface area contributed by atoms with Crippen LogP contribution in [0.4, 0.5) is 0 Å². The topological polar surface area (TPSA) is 55.8 Å². The molecule has 22 heavy (non-hydrogen) atoms. The minimum atomic E-state index is -0.492. The van der Waals surface area contributed by atoms with Gasteiger partial charge in [-0.3, -0.25) is 0 Å². The number of carbonyl (C=O) groups is 1. The van der Waals surface area contributed by atoms with E-state index in [0.29, 0.717) is 22.6 Å². The molecule has 0 heterocycles. The molecule has 0 fully saturated rings. The number of para-hydroxylation sites is 1. The van der Waals surface area contributed by atoms with Crippen LogP contribution in [0.3, 0.4) is 0 Å². The highest BCUT2D eigenvalue weighted by Gasteiger charge is 2.15. The maximum Gasteiger partial charge on any atom is 0.338 e. The van der Waals surface area contributed by atoms with Gasteiger partial charge in [0.1, 0.15) is 11.5 Å². The number of methoxy groups -OCH3 is 1. The van der Waals surface area contributed by atoms with E-state index >= 15 is 0 Å². The largest absolute Gasteiger partial charge is 0.465 e. The van der Waals surface area contributed by atoms with Crippen molar-refractivity contribution >= 4 is 11.5 Å². The number of hydrogen-bond donors (Lipinski definition) is 1. The van der Waals surface area contributed by atoms with Gasteiger partial charge in [0.05, 0.1) is 19.3 Å². The molecule has 0 spiro atoms. The van der Waals surface area contributed by atoms with Gasteiger partial charge in [0.2, 0.25) is 0 Å². The lowest BCUT2D eigenvalue weighted by Gasteiger charge is -2.12. The molecule has 0 unspecified atom stereocenters. The van der Waals surface area contributed by atoms with Gasteiger partial charge in [0, 0.05) is 0 Å². The standard InChI is InChI=1S/C18H18O4/c1-13-8-9-15(22-14-6-4-3-5-7-14)12-17(13)16(10-11-19)18(20)21-2/h3-10,12,19H,11H2,1-2H3/b16-10+. The second kappa shape index (κ2) is 7.43. The first-order valence-electron chi connectivity index (χ1n) is 6.89. The van der Waals surface area contributed by atoms with Crippen LogP contribution in [0.2, 0.25) is 0 Å². The zero-order valence-corrected chi connectivity index (χ0v) is 12.6. The van der Waals surface area contributed by atoms with Crippen molar-refractivity contribution in [3.63, 3.8) is 0 Å². The van der Waals surface area contributed by atoms with Crippen molar-refractivity contribution in [1.82, 2.24) is 0 Å². The Kier molecular flexibility index (Phi) is 5.33. The summed E-state index contributed by atoms with van der Waals surface area (Å²) in [7, 11) is 1.31. The number of aliphatic hydroxyl groups is 1. The van der Waals surface area contributed by atoms with E-state index in [1.165, 1.54) is 13.2 Å². The summed E-state index contributed by atoms with van der Waals surface area (Å²) >= 11 is 0. The van der Waals surface area contributed by atoms with Crippen molar-refractivity contribution in [1.29, 1.82) is 0 Å². The van der Waals surface area contributed by atoms with Crippen LogP contribution < -0.4 is 4.74 Å². The molecule has 4 nitrogen and oxygen atoms in total. The quantitative estimate of drug-likeness (QED) is 0.679. The molecular formula is C18H18O4. The zero-order valence-electron chi connectivity index (χ0n) is 12.6. The monoisotopic (exact) mass is 298 g/mol. The summed E-state index contributed by atoms with van der Waals surface area (Å²) in [6, 6.07) is 14.8. The van der Waals surface area contributed by atoms with Crippen LogP contribution >= 0.6 is 0 Å². The van der Waals surface area contributed by atoms with Crippen LogP contribution in [0.1, 0.15) is 11.1 Å². The number of aliphatic hydroxyl groups excluding tert-OH is 1. The Balaban J connectivity index is 2.37. The Bertz CT molecular complexity index is 675. The van der Waals surface area contributed by atoms with E-state index in [-0.39, 0.29) is 6.61 Å². The van der Waals surface area contributed by atoms with Gasteiger partial charge in [-0.05, 0) is 48.4 Å². The minimum Gasteiger partial charge on any atom is -0.465 e. The van der Waals surface area contributed by atoms with Gasteiger partial charge in [0.15, 0.2) is 0 Å². The Labute approximate surface area is 129 Å². The number of esters is 1. The van der Waals surface area contributed by atoms with E-state index in [4.69, 9.17) is 14.6 Å². The smallest absolute Gasteiger partial charge is 0.338 e. The van der Waals surface area contributed by atoms with Crippen LogP contribution in [0, 0.1) is 6.92 Å². The first-order valence-corrected chi connectivity index (χ1v) is 6.89. The molecule has 0 amide bonds. The second-order valence-electron chi connectivity index (χ2n) is 4.68.